The first kappa shape index (κ1) is 15.5. The van der Waals surface area contributed by atoms with E-state index in [4.69, 9.17) is 10.5 Å². The summed E-state index contributed by atoms with van der Waals surface area (Å²) in [5.74, 6) is 0.0323. The van der Waals surface area contributed by atoms with E-state index in [0.717, 1.165) is 25.2 Å². The van der Waals surface area contributed by atoms with Gasteiger partial charge in [0.15, 0.2) is 0 Å². The van der Waals surface area contributed by atoms with Crippen molar-refractivity contribution in [1.29, 1.82) is 0 Å². The van der Waals surface area contributed by atoms with Gasteiger partial charge in [-0.15, -0.1) is 0 Å². The summed E-state index contributed by atoms with van der Waals surface area (Å²) in [4.78, 5) is 13.9. The van der Waals surface area contributed by atoms with Gasteiger partial charge < -0.3 is 20.7 Å². The maximum atomic E-state index is 11.7. The van der Waals surface area contributed by atoms with Crippen LogP contribution in [-0.4, -0.2) is 44.7 Å². The lowest BCUT2D eigenvalue weighted by Crippen LogP contribution is -2.25. The average Bonchev–Trinajstić information content (AvgIpc) is 2.39. The minimum atomic E-state index is 0.0323. The van der Waals surface area contributed by atoms with Crippen LogP contribution in [0.3, 0.4) is 0 Å². The second kappa shape index (κ2) is 8.50. The van der Waals surface area contributed by atoms with Gasteiger partial charge in [-0.3, -0.25) is 4.79 Å². The van der Waals surface area contributed by atoms with Crippen LogP contribution in [0.4, 0.5) is 11.4 Å². The SMILES string of the molecule is COCCN(C)CCCC(=O)Nc1ccc(N)cc1. The fourth-order valence-corrected chi connectivity index (χ4v) is 1.66. The van der Waals surface area contributed by atoms with Crippen LogP contribution < -0.4 is 11.1 Å². The van der Waals surface area contributed by atoms with E-state index in [-0.39, 0.29) is 5.91 Å². The maximum Gasteiger partial charge on any atom is 0.224 e. The molecule has 0 saturated heterocycles. The lowest BCUT2D eigenvalue weighted by molar-refractivity contribution is -0.116. The molecule has 1 amide bonds. The lowest BCUT2D eigenvalue weighted by atomic mass is 10.2. The van der Waals surface area contributed by atoms with Crippen molar-refractivity contribution in [3.8, 4) is 0 Å². The predicted molar refractivity (Wildman–Crippen MR) is 78.1 cm³/mol. The van der Waals surface area contributed by atoms with Gasteiger partial charge in [0.1, 0.15) is 0 Å². The summed E-state index contributed by atoms with van der Waals surface area (Å²) in [6.45, 7) is 2.49. The Morgan fingerprint density at radius 1 is 1.32 bits per heavy atom. The summed E-state index contributed by atoms with van der Waals surface area (Å²) in [7, 11) is 3.71. The van der Waals surface area contributed by atoms with Crippen LogP contribution in [0, 0.1) is 0 Å². The van der Waals surface area contributed by atoms with Crippen LogP contribution >= 0.6 is 0 Å². The third-order valence-corrected chi connectivity index (χ3v) is 2.82. The normalized spacial score (nSPS) is 10.7. The van der Waals surface area contributed by atoms with Crippen molar-refractivity contribution in [3.63, 3.8) is 0 Å². The van der Waals surface area contributed by atoms with E-state index in [9.17, 15) is 4.79 Å². The Hall–Kier alpha value is -1.59. The highest BCUT2D eigenvalue weighted by Gasteiger charge is 2.04. The Kier molecular flexibility index (Phi) is 6.92. The summed E-state index contributed by atoms with van der Waals surface area (Å²) < 4.78 is 5.00. The van der Waals surface area contributed by atoms with Crippen LogP contribution in [0.2, 0.25) is 0 Å². The van der Waals surface area contributed by atoms with Crippen molar-refractivity contribution in [2.75, 3.05) is 44.9 Å². The van der Waals surface area contributed by atoms with E-state index >= 15 is 0 Å². The first-order valence-corrected chi connectivity index (χ1v) is 6.44. The molecule has 106 valence electrons. The van der Waals surface area contributed by atoms with E-state index in [1.807, 2.05) is 7.05 Å². The van der Waals surface area contributed by atoms with Gasteiger partial charge >= 0.3 is 0 Å². The second-order valence-electron chi connectivity index (χ2n) is 4.57. The third kappa shape index (κ3) is 6.79. The molecule has 5 nitrogen and oxygen atoms in total. The summed E-state index contributed by atoms with van der Waals surface area (Å²) in [5.41, 5.74) is 7.06. The number of nitrogens with zero attached hydrogens (tertiary/aromatic N) is 1. The van der Waals surface area contributed by atoms with Crippen LogP contribution in [0.15, 0.2) is 24.3 Å². The van der Waals surface area contributed by atoms with Gasteiger partial charge in [0.25, 0.3) is 0 Å². The molecule has 0 unspecified atom stereocenters. The molecule has 5 heteroatoms. The number of nitrogens with two attached hydrogens (primary N) is 1. The molecule has 0 atom stereocenters. The quantitative estimate of drug-likeness (QED) is 0.700. The molecule has 1 aromatic carbocycles. The fraction of sp³-hybridized carbons (Fsp3) is 0.500. The van der Waals surface area contributed by atoms with Crippen molar-refractivity contribution in [2.24, 2.45) is 0 Å². The summed E-state index contributed by atoms with van der Waals surface area (Å²) in [5, 5.41) is 2.85. The molecular formula is C14H23N3O2. The van der Waals surface area contributed by atoms with Crippen LogP contribution in [0.25, 0.3) is 0 Å². The number of hydrogen-bond donors (Lipinski definition) is 2. The van der Waals surface area contributed by atoms with Crippen molar-refractivity contribution in [2.45, 2.75) is 12.8 Å². The standard InChI is InChI=1S/C14H23N3O2/c1-17(10-11-19-2)9-3-4-14(18)16-13-7-5-12(15)6-8-13/h5-8H,3-4,9-11,15H2,1-2H3,(H,16,18). The molecule has 1 rings (SSSR count). The highest BCUT2D eigenvalue weighted by Crippen LogP contribution is 2.10. The molecule has 0 spiro atoms. The molecular weight excluding hydrogens is 242 g/mol. The summed E-state index contributed by atoms with van der Waals surface area (Å²) in [6.07, 6.45) is 1.35. The number of methoxy groups -OCH3 is 1. The molecule has 19 heavy (non-hydrogen) atoms. The monoisotopic (exact) mass is 265 g/mol. The van der Waals surface area contributed by atoms with E-state index in [1.165, 1.54) is 0 Å². The second-order valence-corrected chi connectivity index (χ2v) is 4.57. The van der Waals surface area contributed by atoms with Crippen molar-refractivity contribution >= 4 is 17.3 Å². The van der Waals surface area contributed by atoms with E-state index < -0.39 is 0 Å². The third-order valence-electron chi connectivity index (χ3n) is 2.82. The van der Waals surface area contributed by atoms with E-state index in [2.05, 4.69) is 10.2 Å². The number of carbonyl (C=O) groups is 1. The number of nitrogen functional groups attached to an aromatic ring is 1. The number of likely N-dealkylation sites (N-methyl/N-ethyl adjacent to an activating group) is 1. The van der Waals surface area contributed by atoms with Gasteiger partial charge in [0, 0.05) is 31.5 Å². The first-order chi connectivity index (χ1) is 9.11. The number of carbonyl (C=O) groups excluding carboxylic acids is 1. The van der Waals surface area contributed by atoms with Crippen LogP contribution in [0.1, 0.15) is 12.8 Å². The summed E-state index contributed by atoms with van der Waals surface area (Å²) in [6, 6.07) is 7.15. The first-order valence-electron chi connectivity index (χ1n) is 6.44. The zero-order valence-corrected chi connectivity index (χ0v) is 11.7. The molecule has 0 fully saturated rings. The number of hydrogen-bond acceptors (Lipinski definition) is 4. The Labute approximate surface area is 114 Å². The van der Waals surface area contributed by atoms with E-state index in [0.29, 0.717) is 18.7 Å². The van der Waals surface area contributed by atoms with Gasteiger partial charge in [0.05, 0.1) is 6.61 Å². The zero-order chi connectivity index (χ0) is 14.1. The largest absolute Gasteiger partial charge is 0.399 e. The van der Waals surface area contributed by atoms with E-state index in [1.54, 1.807) is 31.4 Å². The van der Waals surface area contributed by atoms with Crippen molar-refractivity contribution < 1.29 is 9.53 Å². The maximum absolute atomic E-state index is 11.7. The molecule has 0 aliphatic carbocycles. The number of anilines is 2. The highest BCUT2D eigenvalue weighted by atomic mass is 16.5. The molecule has 0 bridgehead atoms. The van der Waals surface area contributed by atoms with Crippen molar-refractivity contribution in [3.05, 3.63) is 24.3 Å². The van der Waals surface area contributed by atoms with Crippen LogP contribution in [-0.2, 0) is 9.53 Å². The minimum absolute atomic E-state index is 0.0323. The Morgan fingerprint density at radius 3 is 2.63 bits per heavy atom. The summed E-state index contributed by atoms with van der Waals surface area (Å²) >= 11 is 0. The molecule has 0 aromatic heterocycles. The smallest absolute Gasteiger partial charge is 0.224 e. The average molecular weight is 265 g/mol. The zero-order valence-electron chi connectivity index (χ0n) is 11.7. The van der Waals surface area contributed by atoms with Gasteiger partial charge in [-0.05, 0) is 44.3 Å². The Morgan fingerprint density at radius 2 is 2.00 bits per heavy atom. The van der Waals surface area contributed by atoms with Crippen molar-refractivity contribution in [1.82, 2.24) is 4.90 Å². The molecule has 0 aliphatic heterocycles. The Bertz CT molecular complexity index is 379. The number of rotatable bonds is 8. The number of ether oxygens (including phenoxy) is 1. The molecule has 3 N–H and O–H groups in total. The number of nitrogens with one attached hydrogen (secondary N) is 1. The fourth-order valence-electron chi connectivity index (χ4n) is 1.66. The molecule has 0 saturated carbocycles. The van der Waals surface area contributed by atoms with Gasteiger partial charge in [0.2, 0.25) is 5.91 Å². The minimum Gasteiger partial charge on any atom is -0.399 e. The number of benzene rings is 1. The predicted octanol–water partition coefficient (Wildman–Crippen LogP) is 1.57. The van der Waals surface area contributed by atoms with Gasteiger partial charge in [-0.25, -0.2) is 0 Å². The lowest BCUT2D eigenvalue weighted by Gasteiger charge is -2.15. The van der Waals surface area contributed by atoms with Gasteiger partial charge in [-0.2, -0.15) is 0 Å². The Balaban J connectivity index is 2.19. The van der Waals surface area contributed by atoms with Gasteiger partial charge in [-0.1, -0.05) is 0 Å². The molecule has 0 radical (unpaired) electrons. The molecule has 0 heterocycles. The molecule has 0 aliphatic rings. The molecule has 1 aromatic rings. The number of amides is 1. The highest BCUT2D eigenvalue weighted by molar-refractivity contribution is 5.90. The van der Waals surface area contributed by atoms with Crippen LogP contribution in [0.5, 0.6) is 0 Å². The topological polar surface area (TPSA) is 67.6 Å².